The van der Waals surface area contributed by atoms with E-state index in [4.69, 9.17) is 11.5 Å². The number of nitrogens with one attached hydrogen (secondary N) is 1. The quantitative estimate of drug-likeness (QED) is 0.736. The Morgan fingerprint density at radius 3 is 2.76 bits per heavy atom. The van der Waals surface area contributed by atoms with Gasteiger partial charge in [-0.05, 0) is 24.6 Å². The van der Waals surface area contributed by atoms with Crippen LogP contribution in [0.1, 0.15) is 18.3 Å². The van der Waals surface area contributed by atoms with Crippen molar-refractivity contribution in [1.82, 2.24) is 9.55 Å². The van der Waals surface area contributed by atoms with Crippen molar-refractivity contribution in [2.75, 3.05) is 11.5 Å². The number of aromatic nitrogens is 2. The number of aromatic amines is 1. The molecule has 0 bridgehead atoms. The van der Waals surface area contributed by atoms with Crippen molar-refractivity contribution in [3.63, 3.8) is 0 Å². The summed E-state index contributed by atoms with van der Waals surface area (Å²) in [4.78, 5) is 14.9. The number of nitrogens with two attached hydrogens (primary N) is 2. The summed E-state index contributed by atoms with van der Waals surface area (Å²) in [6.07, 6.45) is 2.55. The van der Waals surface area contributed by atoms with E-state index in [1.54, 1.807) is 22.9 Å². The fraction of sp³-hybridized carbons (Fsp3) is 0.250. The van der Waals surface area contributed by atoms with E-state index in [-0.39, 0.29) is 11.2 Å². The molecule has 2 aromatic heterocycles. The molecule has 0 aromatic carbocycles. The molecule has 17 heavy (non-hydrogen) atoms. The van der Waals surface area contributed by atoms with Crippen LogP contribution in [0.25, 0.3) is 0 Å². The van der Waals surface area contributed by atoms with E-state index in [9.17, 15) is 4.79 Å². The van der Waals surface area contributed by atoms with E-state index in [1.807, 2.05) is 13.0 Å². The van der Waals surface area contributed by atoms with Crippen molar-refractivity contribution in [1.29, 1.82) is 0 Å². The zero-order valence-electron chi connectivity index (χ0n) is 9.73. The van der Waals surface area contributed by atoms with Crippen molar-refractivity contribution in [3.05, 3.63) is 46.1 Å². The van der Waals surface area contributed by atoms with Crippen LogP contribution in [0, 0.1) is 0 Å². The molecule has 5 N–H and O–H groups in total. The molecule has 0 saturated heterocycles. The minimum Gasteiger partial charge on any atom is -0.397 e. The predicted molar refractivity (Wildman–Crippen MR) is 68.8 cm³/mol. The maximum Gasteiger partial charge on any atom is 0.274 e. The summed E-state index contributed by atoms with van der Waals surface area (Å²) in [6.45, 7) is 2.48. The minimum absolute atomic E-state index is 0.182. The normalized spacial score (nSPS) is 10.6. The first-order valence-corrected chi connectivity index (χ1v) is 5.53. The van der Waals surface area contributed by atoms with Gasteiger partial charge < -0.3 is 21.0 Å². The highest BCUT2D eigenvalue weighted by Crippen LogP contribution is 2.14. The fourth-order valence-electron chi connectivity index (χ4n) is 1.82. The van der Waals surface area contributed by atoms with E-state index in [2.05, 4.69) is 4.98 Å². The van der Waals surface area contributed by atoms with Crippen LogP contribution in [0.15, 0.2) is 29.2 Å². The van der Waals surface area contributed by atoms with Gasteiger partial charge in [0.2, 0.25) is 0 Å². The minimum atomic E-state index is -0.182. The van der Waals surface area contributed by atoms with Gasteiger partial charge in [0.05, 0.1) is 17.9 Å². The number of hydrogen-bond acceptors (Lipinski definition) is 3. The fourth-order valence-corrected chi connectivity index (χ4v) is 1.82. The van der Waals surface area contributed by atoms with E-state index in [0.717, 1.165) is 23.5 Å². The third-order valence-corrected chi connectivity index (χ3v) is 2.73. The Balaban J connectivity index is 2.31. The summed E-state index contributed by atoms with van der Waals surface area (Å²) in [6, 6.07) is 5.21. The molecule has 0 amide bonds. The molecule has 2 rings (SSSR count). The number of pyridine rings is 1. The zero-order valence-corrected chi connectivity index (χ0v) is 9.73. The van der Waals surface area contributed by atoms with Crippen LogP contribution in [0.3, 0.4) is 0 Å². The summed E-state index contributed by atoms with van der Waals surface area (Å²) in [5, 5.41) is 0. The van der Waals surface area contributed by atoms with Gasteiger partial charge in [-0.1, -0.05) is 6.92 Å². The van der Waals surface area contributed by atoms with Gasteiger partial charge in [0.15, 0.2) is 0 Å². The summed E-state index contributed by atoms with van der Waals surface area (Å²) < 4.78 is 1.56. The number of hydrogen-bond donors (Lipinski definition) is 3. The van der Waals surface area contributed by atoms with E-state index < -0.39 is 0 Å². The molecule has 90 valence electrons. The highest BCUT2D eigenvalue weighted by atomic mass is 16.1. The number of nitrogen functional groups attached to an aromatic ring is 2. The Bertz CT molecular complexity index is 582. The molecule has 0 aliphatic heterocycles. The number of aryl methyl sites for hydroxylation is 1. The van der Waals surface area contributed by atoms with E-state index in [1.165, 1.54) is 0 Å². The van der Waals surface area contributed by atoms with Crippen LogP contribution >= 0.6 is 0 Å². The maximum absolute atomic E-state index is 11.7. The molecule has 0 saturated carbocycles. The Hall–Kier alpha value is -2.17. The molecular weight excluding hydrogens is 216 g/mol. The van der Waals surface area contributed by atoms with Gasteiger partial charge in [-0.2, -0.15) is 0 Å². The first-order chi connectivity index (χ1) is 8.11. The van der Waals surface area contributed by atoms with Gasteiger partial charge in [0.1, 0.15) is 0 Å². The monoisotopic (exact) mass is 232 g/mol. The van der Waals surface area contributed by atoms with Gasteiger partial charge in [-0.15, -0.1) is 0 Å². The van der Waals surface area contributed by atoms with Crippen LogP contribution in [-0.2, 0) is 13.0 Å². The standard InChI is InChI=1S/C12H16N4O/c1-2-11-10(14)6-8(15-11)7-16-5-3-4-9(13)12(16)17/h3-6,15H,2,7,13-14H2,1H3. The van der Waals surface area contributed by atoms with Crippen molar-refractivity contribution in [2.45, 2.75) is 19.9 Å². The molecule has 0 radical (unpaired) electrons. The lowest BCUT2D eigenvalue weighted by atomic mass is 10.3. The Labute approximate surface area is 99.1 Å². The molecule has 0 fully saturated rings. The van der Waals surface area contributed by atoms with Crippen molar-refractivity contribution >= 4 is 11.4 Å². The lowest BCUT2D eigenvalue weighted by Gasteiger charge is -2.04. The molecule has 2 heterocycles. The molecule has 0 aliphatic rings. The van der Waals surface area contributed by atoms with Crippen LogP contribution in [0.2, 0.25) is 0 Å². The molecule has 0 spiro atoms. The highest BCUT2D eigenvalue weighted by Gasteiger charge is 2.05. The van der Waals surface area contributed by atoms with Gasteiger partial charge in [0.25, 0.3) is 5.56 Å². The molecule has 0 unspecified atom stereocenters. The lowest BCUT2D eigenvalue weighted by Crippen LogP contribution is -2.22. The number of H-pyrrole nitrogens is 1. The van der Waals surface area contributed by atoms with Gasteiger partial charge >= 0.3 is 0 Å². The molecule has 5 heteroatoms. The number of nitrogens with zero attached hydrogens (tertiary/aromatic N) is 1. The van der Waals surface area contributed by atoms with Crippen molar-refractivity contribution < 1.29 is 0 Å². The Morgan fingerprint density at radius 2 is 2.12 bits per heavy atom. The summed E-state index contributed by atoms with van der Waals surface area (Å²) in [5.41, 5.74) is 14.1. The average Bonchev–Trinajstić information content (AvgIpc) is 2.65. The second-order valence-corrected chi connectivity index (χ2v) is 3.98. The van der Waals surface area contributed by atoms with Gasteiger partial charge in [0, 0.05) is 17.6 Å². The van der Waals surface area contributed by atoms with Crippen molar-refractivity contribution in [2.24, 2.45) is 0 Å². The van der Waals surface area contributed by atoms with Crippen molar-refractivity contribution in [3.8, 4) is 0 Å². The van der Waals surface area contributed by atoms with Gasteiger partial charge in [-0.25, -0.2) is 0 Å². The van der Waals surface area contributed by atoms with Crippen LogP contribution in [-0.4, -0.2) is 9.55 Å². The third-order valence-electron chi connectivity index (χ3n) is 2.73. The zero-order chi connectivity index (χ0) is 12.4. The second-order valence-electron chi connectivity index (χ2n) is 3.98. The highest BCUT2D eigenvalue weighted by molar-refractivity contribution is 5.46. The van der Waals surface area contributed by atoms with Crippen LogP contribution < -0.4 is 17.0 Å². The molecule has 0 atom stereocenters. The largest absolute Gasteiger partial charge is 0.397 e. The summed E-state index contributed by atoms with van der Waals surface area (Å²) in [7, 11) is 0. The van der Waals surface area contributed by atoms with E-state index >= 15 is 0 Å². The lowest BCUT2D eigenvalue weighted by molar-refractivity contribution is 0.743. The second kappa shape index (κ2) is 4.37. The third kappa shape index (κ3) is 2.18. The Morgan fingerprint density at radius 1 is 1.35 bits per heavy atom. The SMILES string of the molecule is CCc1[nH]c(Cn2cccc(N)c2=O)cc1N. The summed E-state index contributed by atoms with van der Waals surface area (Å²) >= 11 is 0. The molecule has 2 aromatic rings. The number of rotatable bonds is 3. The topological polar surface area (TPSA) is 89.8 Å². The Kier molecular flexibility index (Phi) is 2.91. The molecule has 5 nitrogen and oxygen atoms in total. The first-order valence-electron chi connectivity index (χ1n) is 5.53. The smallest absolute Gasteiger partial charge is 0.274 e. The maximum atomic E-state index is 11.7. The van der Waals surface area contributed by atoms with Gasteiger partial charge in [-0.3, -0.25) is 4.79 Å². The van der Waals surface area contributed by atoms with E-state index in [0.29, 0.717) is 6.54 Å². The average molecular weight is 232 g/mol. The van der Waals surface area contributed by atoms with Crippen LogP contribution in [0.4, 0.5) is 11.4 Å². The number of anilines is 2. The molecule has 0 aliphatic carbocycles. The van der Waals surface area contributed by atoms with Crippen LogP contribution in [0.5, 0.6) is 0 Å². The summed E-state index contributed by atoms with van der Waals surface area (Å²) in [5.74, 6) is 0. The first kappa shape index (κ1) is 11.3. The molecular formula is C12H16N4O. The predicted octanol–water partition coefficient (Wildman–Crippen LogP) is 0.952.